The highest BCUT2D eigenvalue weighted by molar-refractivity contribution is 7.85. The van der Waals surface area contributed by atoms with Gasteiger partial charge in [0.25, 0.3) is 10.1 Å². The molecule has 0 aliphatic carbocycles. The summed E-state index contributed by atoms with van der Waals surface area (Å²) in [6.07, 6.45) is 20.7. The van der Waals surface area contributed by atoms with Gasteiger partial charge in [-0.2, -0.15) is 8.42 Å². The van der Waals surface area contributed by atoms with Gasteiger partial charge in [-0.1, -0.05) is 108 Å². The Hall–Kier alpha value is -0.910. The first-order chi connectivity index (χ1) is 14.1. The summed E-state index contributed by atoms with van der Waals surface area (Å²) in [4.78, 5) is 0.0571. The molecule has 0 aliphatic rings. The Labute approximate surface area is 178 Å². The number of aryl methyl sites for hydroxylation is 1. The fourth-order valence-electron chi connectivity index (χ4n) is 3.86. The molecule has 0 aliphatic heterocycles. The summed E-state index contributed by atoms with van der Waals surface area (Å²) in [5, 5.41) is 8.73. The maximum Gasteiger partial charge on any atom is 0.294 e. The van der Waals surface area contributed by atoms with Crippen molar-refractivity contribution in [3.8, 4) is 0 Å². The summed E-state index contributed by atoms with van der Waals surface area (Å²) in [7, 11) is -4.11. The predicted octanol–water partition coefficient (Wildman–Crippen LogP) is 6.71. The second kappa shape index (κ2) is 16.8. The van der Waals surface area contributed by atoms with Crippen molar-refractivity contribution < 1.29 is 18.1 Å². The monoisotopic (exact) mass is 426 g/mol. The van der Waals surface area contributed by atoms with Crippen LogP contribution >= 0.6 is 0 Å². The van der Waals surface area contributed by atoms with E-state index < -0.39 is 10.1 Å². The molecule has 0 aromatic heterocycles. The summed E-state index contributed by atoms with van der Waals surface area (Å²) < 4.78 is 32.0. The van der Waals surface area contributed by atoms with E-state index in [-0.39, 0.29) is 4.90 Å². The fourth-order valence-corrected chi connectivity index (χ4v) is 4.62. The van der Waals surface area contributed by atoms with Crippen molar-refractivity contribution >= 4 is 10.1 Å². The zero-order valence-corrected chi connectivity index (χ0v) is 19.0. The molecule has 0 bridgehead atoms. The number of hydrogen-bond donors (Lipinski definition) is 2. The van der Waals surface area contributed by atoms with E-state index in [1.807, 2.05) is 6.07 Å². The van der Waals surface area contributed by atoms with Gasteiger partial charge in [-0.25, -0.2) is 0 Å². The van der Waals surface area contributed by atoms with E-state index in [0.717, 1.165) is 24.8 Å². The van der Waals surface area contributed by atoms with Gasteiger partial charge in [0, 0.05) is 6.61 Å². The molecule has 0 spiro atoms. The first-order valence-corrected chi connectivity index (χ1v) is 13.2. The van der Waals surface area contributed by atoms with Crippen LogP contribution in [0.3, 0.4) is 0 Å². The molecule has 5 heteroatoms. The average molecular weight is 427 g/mol. The van der Waals surface area contributed by atoms with Crippen molar-refractivity contribution in [1.82, 2.24) is 0 Å². The van der Waals surface area contributed by atoms with Gasteiger partial charge < -0.3 is 5.11 Å². The van der Waals surface area contributed by atoms with Crippen molar-refractivity contribution in [3.05, 3.63) is 29.8 Å². The molecule has 0 saturated carbocycles. The van der Waals surface area contributed by atoms with Crippen LogP contribution in [-0.4, -0.2) is 24.7 Å². The number of hydrogen-bond acceptors (Lipinski definition) is 3. The molecular weight excluding hydrogens is 384 g/mol. The van der Waals surface area contributed by atoms with Gasteiger partial charge in [0.15, 0.2) is 0 Å². The number of benzene rings is 1. The second-order valence-electron chi connectivity index (χ2n) is 8.21. The normalized spacial score (nSPS) is 11.8. The van der Waals surface area contributed by atoms with Gasteiger partial charge >= 0.3 is 0 Å². The van der Waals surface area contributed by atoms with Crippen LogP contribution in [0.15, 0.2) is 29.2 Å². The minimum Gasteiger partial charge on any atom is -0.396 e. The minimum atomic E-state index is -4.11. The first kappa shape index (κ1) is 26.1. The Morgan fingerprint density at radius 2 is 0.966 bits per heavy atom. The van der Waals surface area contributed by atoms with E-state index >= 15 is 0 Å². The van der Waals surface area contributed by atoms with Gasteiger partial charge in [0.1, 0.15) is 0 Å². The Bertz CT molecular complexity index is 613. The third-order valence-electron chi connectivity index (χ3n) is 5.60. The average Bonchev–Trinajstić information content (AvgIpc) is 2.70. The first-order valence-electron chi connectivity index (χ1n) is 11.7. The topological polar surface area (TPSA) is 74.6 Å². The van der Waals surface area contributed by atoms with Crippen LogP contribution in [-0.2, 0) is 16.5 Å². The molecule has 1 aromatic rings. The molecule has 0 heterocycles. The van der Waals surface area contributed by atoms with Gasteiger partial charge in [-0.3, -0.25) is 4.55 Å². The van der Waals surface area contributed by atoms with E-state index in [1.54, 1.807) is 12.1 Å². The van der Waals surface area contributed by atoms with Crippen molar-refractivity contribution in [1.29, 1.82) is 0 Å². The quantitative estimate of drug-likeness (QED) is 0.190. The lowest BCUT2D eigenvalue weighted by Crippen LogP contribution is -2.03. The molecule has 0 amide bonds. The van der Waals surface area contributed by atoms with Crippen molar-refractivity contribution in [2.75, 3.05) is 6.61 Å². The van der Waals surface area contributed by atoms with Gasteiger partial charge in [-0.15, -0.1) is 0 Å². The SMILES string of the molecule is O=S(=O)(O)c1ccccc1CCCCCCCCCCCCCCCCCCO. The highest BCUT2D eigenvalue weighted by Gasteiger charge is 2.13. The molecule has 0 fully saturated rings. The van der Waals surface area contributed by atoms with E-state index in [4.69, 9.17) is 5.11 Å². The fraction of sp³-hybridized carbons (Fsp3) is 0.750. The molecule has 2 N–H and O–H groups in total. The Morgan fingerprint density at radius 1 is 0.586 bits per heavy atom. The number of unbranched alkanes of at least 4 members (excludes halogenated alkanes) is 15. The van der Waals surface area contributed by atoms with Crippen molar-refractivity contribution in [2.45, 2.75) is 114 Å². The lowest BCUT2D eigenvalue weighted by Gasteiger charge is -2.07. The summed E-state index contributed by atoms with van der Waals surface area (Å²) in [5.41, 5.74) is 0.722. The number of aliphatic hydroxyl groups excluding tert-OH is 1. The lowest BCUT2D eigenvalue weighted by atomic mass is 10.0. The summed E-state index contributed by atoms with van der Waals surface area (Å²) in [6, 6.07) is 6.74. The lowest BCUT2D eigenvalue weighted by molar-refractivity contribution is 0.282. The summed E-state index contributed by atoms with van der Waals surface area (Å²) in [5.74, 6) is 0. The van der Waals surface area contributed by atoms with E-state index in [1.165, 1.54) is 89.5 Å². The third kappa shape index (κ3) is 13.8. The summed E-state index contributed by atoms with van der Waals surface area (Å²) in [6.45, 7) is 0.339. The van der Waals surface area contributed by atoms with Crippen LogP contribution in [0.1, 0.15) is 108 Å². The van der Waals surface area contributed by atoms with Crippen LogP contribution in [0.5, 0.6) is 0 Å². The highest BCUT2D eigenvalue weighted by Crippen LogP contribution is 2.19. The minimum absolute atomic E-state index is 0.0571. The van der Waals surface area contributed by atoms with Crippen LogP contribution in [0.4, 0.5) is 0 Å². The Kier molecular flexibility index (Phi) is 15.2. The number of aliphatic hydroxyl groups is 1. The van der Waals surface area contributed by atoms with Crippen LogP contribution in [0.2, 0.25) is 0 Å². The third-order valence-corrected chi connectivity index (χ3v) is 6.56. The maximum atomic E-state index is 11.4. The van der Waals surface area contributed by atoms with Crippen LogP contribution < -0.4 is 0 Å². The van der Waals surface area contributed by atoms with Gasteiger partial charge in [0.05, 0.1) is 4.90 Å². The van der Waals surface area contributed by atoms with Crippen LogP contribution in [0, 0.1) is 0 Å². The summed E-state index contributed by atoms with van der Waals surface area (Å²) >= 11 is 0. The largest absolute Gasteiger partial charge is 0.396 e. The van der Waals surface area contributed by atoms with Crippen molar-refractivity contribution in [3.63, 3.8) is 0 Å². The smallest absolute Gasteiger partial charge is 0.294 e. The molecule has 4 nitrogen and oxygen atoms in total. The molecule has 0 unspecified atom stereocenters. The van der Waals surface area contributed by atoms with E-state index in [9.17, 15) is 13.0 Å². The molecule has 0 atom stereocenters. The molecule has 168 valence electrons. The van der Waals surface area contributed by atoms with Crippen LogP contribution in [0.25, 0.3) is 0 Å². The van der Waals surface area contributed by atoms with Gasteiger partial charge in [-0.05, 0) is 30.9 Å². The molecule has 0 saturated heterocycles. The zero-order chi connectivity index (χ0) is 21.2. The highest BCUT2D eigenvalue weighted by atomic mass is 32.2. The van der Waals surface area contributed by atoms with E-state index in [0.29, 0.717) is 13.0 Å². The molecule has 0 radical (unpaired) electrons. The Balaban J connectivity index is 1.89. The second-order valence-corrected chi connectivity index (χ2v) is 9.60. The van der Waals surface area contributed by atoms with E-state index in [2.05, 4.69) is 0 Å². The molecule has 1 rings (SSSR count). The zero-order valence-electron chi connectivity index (χ0n) is 18.2. The number of rotatable bonds is 19. The van der Waals surface area contributed by atoms with Crippen molar-refractivity contribution in [2.24, 2.45) is 0 Å². The van der Waals surface area contributed by atoms with Gasteiger partial charge in [0.2, 0.25) is 0 Å². The molecule has 29 heavy (non-hydrogen) atoms. The molecular formula is C24H42O4S. The maximum absolute atomic E-state index is 11.4. The standard InChI is InChI=1S/C24H42O4S/c25-22-18-14-12-10-8-6-4-2-1-3-5-7-9-11-13-15-19-23-20-16-17-21-24(23)29(26,27)28/h16-17,20-21,25H,1-15,18-19,22H2,(H,26,27,28). The Morgan fingerprint density at radius 3 is 1.38 bits per heavy atom. The predicted molar refractivity (Wildman–Crippen MR) is 121 cm³/mol. The molecule has 1 aromatic carbocycles.